The van der Waals surface area contributed by atoms with Gasteiger partial charge in [-0.15, -0.1) is 0 Å². The molecule has 0 unspecified atom stereocenters. The first-order chi connectivity index (χ1) is 11.0. The Morgan fingerprint density at radius 3 is 2.39 bits per heavy atom. The number of aliphatic hydroxyl groups excluding tert-OH is 1. The Morgan fingerprint density at radius 1 is 1.22 bits per heavy atom. The largest absolute Gasteiger partial charge is 0.392 e. The van der Waals surface area contributed by atoms with E-state index in [1.807, 2.05) is 35.2 Å². The summed E-state index contributed by atoms with van der Waals surface area (Å²) in [5, 5.41) is 12.6. The van der Waals surface area contributed by atoms with Crippen LogP contribution in [0.3, 0.4) is 0 Å². The van der Waals surface area contributed by atoms with Crippen LogP contribution in [-0.2, 0) is 15.0 Å². The third kappa shape index (κ3) is 3.03. The van der Waals surface area contributed by atoms with E-state index in [4.69, 9.17) is 0 Å². The van der Waals surface area contributed by atoms with E-state index >= 15 is 0 Å². The topological polar surface area (TPSA) is 69.6 Å². The Balaban J connectivity index is 1.71. The van der Waals surface area contributed by atoms with Gasteiger partial charge in [-0.25, -0.2) is 0 Å². The molecule has 5 nitrogen and oxygen atoms in total. The number of benzene rings is 1. The van der Waals surface area contributed by atoms with Gasteiger partial charge in [-0.2, -0.15) is 0 Å². The third-order valence-corrected chi connectivity index (χ3v) is 5.33. The lowest BCUT2D eigenvalue weighted by molar-refractivity contribution is -0.137. The first-order valence-electron chi connectivity index (χ1n) is 8.30. The molecule has 3 rings (SSSR count). The molecule has 0 spiro atoms. The Labute approximate surface area is 136 Å². The van der Waals surface area contributed by atoms with E-state index in [1.165, 1.54) is 0 Å². The molecular weight excluding hydrogens is 292 g/mol. The highest BCUT2D eigenvalue weighted by Gasteiger charge is 2.42. The fourth-order valence-corrected chi connectivity index (χ4v) is 3.84. The lowest BCUT2D eigenvalue weighted by atomic mass is 9.70. The van der Waals surface area contributed by atoms with Gasteiger partial charge in [-0.1, -0.05) is 30.3 Å². The van der Waals surface area contributed by atoms with Crippen LogP contribution in [0.5, 0.6) is 0 Å². The number of aliphatic hydroxyl groups is 1. The summed E-state index contributed by atoms with van der Waals surface area (Å²) in [6, 6.07) is 9.60. The number of likely N-dealkylation sites (tertiary alicyclic amines) is 1. The molecule has 2 fully saturated rings. The molecule has 1 amide bonds. The minimum Gasteiger partial charge on any atom is -0.392 e. The molecule has 2 saturated heterocycles. The summed E-state index contributed by atoms with van der Waals surface area (Å²) >= 11 is 0. The van der Waals surface area contributed by atoms with Crippen LogP contribution in [-0.4, -0.2) is 53.5 Å². The number of amides is 1. The molecule has 1 aromatic rings. The molecule has 0 radical (unpaired) electrons. The molecule has 2 heterocycles. The summed E-state index contributed by atoms with van der Waals surface area (Å²) in [5.74, 6) is 0.219. The predicted octanol–water partition coefficient (Wildman–Crippen LogP) is 0.859. The van der Waals surface area contributed by atoms with Crippen molar-refractivity contribution in [2.45, 2.75) is 43.7 Å². The van der Waals surface area contributed by atoms with Crippen LogP contribution in [0.25, 0.3) is 0 Å². The summed E-state index contributed by atoms with van der Waals surface area (Å²) < 4.78 is 0. The van der Waals surface area contributed by atoms with E-state index < -0.39 is 11.5 Å². The number of ketones is 1. The standard InChI is InChI=1S/C18H24N2O3/c1-13(21)18(14-5-3-2-4-6-14)7-9-20(10-8-18)17(23)16-11-15(22)12-19-16/h2-6,15-16,19,22H,7-12H2,1H3/t15-,16+/m1/s1. The van der Waals surface area contributed by atoms with E-state index in [0.717, 1.165) is 5.56 Å². The van der Waals surface area contributed by atoms with Crippen molar-refractivity contribution in [2.75, 3.05) is 19.6 Å². The van der Waals surface area contributed by atoms with Crippen molar-refractivity contribution in [1.82, 2.24) is 10.2 Å². The molecule has 23 heavy (non-hydrogen) atoms. The summed E-state index contributed by atoms with van der Waals surface area (Å²) in [4.78, 5) is 26.7. The second-order valence-corrected chi connectivity index (χ2v) is 6.68. The Bertz CT molecular complexity index is 579. The SMILES string of the molecule is CC(=O)C1(c2ccccc2)CCN(C(=O)[C@@H]2C[C@@H](O)CN2)CC1. The maximum atomic E-state index is 12.5. The Kier molecular flexibility index (Phi) is 4.50. The van der Waals surface area contributed by atoms with Crippen molar-refractivity contribution < 1.29 is 14.7 Å². The van der Waals surface area contributed by atoms with Gasteiger partial charge in [0.05, 0.1) is 17.6 Å². The number of hydrogen-bond acceptors (Lipinski definition) is 4. The molecule has 0 aliphatic carbocycles. The molecule has 0 saturated carbocycles. The van der Waals surface area contributed by atoms with Crippen LogP contribution < -0.4 is 5.32 Å². The maximum Gasteiger partial charge on any atom is 0.239 e. The summed E-state index contributed by atoms with van der Waals surface area (Å²) in [5.41, 5.74) is 0.578. The van der Waals surface area contributed by atoms with Gasteiger partial charge in [0, 0.05) is 19.6 Å². The molecule has 2 N–H and O–H groups in total. The number of carbonyl (C=O) groups is 2. The fraction of sp³-hybridized carbons (Fsp3) is 0.556. The van der Waals surface area contributed by atoms with Gasteiger partial charge in [0.15, 0.2) is 0 Å². The Morgan fingerprint density at radius 2 is 1.87 bits per heavy atom. The van der Waals surface area contributed by atoms with Crippen LogP contribution >= 0.6 is 0 Å². The van der Waals surface area contributed by atoms with Gasteiger partial charge in [-0.05, 0) is 31.7 Å². The average molecular weight is 316 g/mol. The molecule has 2 atom stereocenters. The summed E-state index contributed by atoms with van der Waals surface area (Å²) in [6.45, 7) is 3.30. The minimum absolute atomic E-state index is 0.0479. The normalized spacial score (nSPS) is 27.0. The Hall–Kier alpha value is -1.72. The molecule has 1 aromatic carbocycles. The minimum atomic E-state index is -0.472. The number of nitrogens with zero attached hydrogens (tertiary/aromatic N) is 1. The van der Waals surface area contributed by atoms with Crippen molar-refractivity contribution >= 4 is 11.7 Å². The molecule has 0 aromatic heterocycles. The van der Waals surface area contributed by atoms with Crippen molar-refractivity contribution in [3.8, 4) is 0 Å². The van der Waals surface area contributed by atoms with Crippen LogP contribution in [0.4, 0.5) is 0 Å². The average Bonchev–Trinajstić information content (AvgIpc) is 3.01. The predicted molar refractivity (Wildman–Crippen MR) is 87.0 cm³/mol. The van der Waals surface area contributed by atoms with E-state index in [9.17, 15) is 14.7 Å². The zero-order valence-corrected chi connectivity index (χ0v) is 13.5. The monoisotopic (exact) mass is 316 g/mol. The highest BCUT2D eigenvalue weighted by molar-refractivity contribution is 5.89. The van der Waals surface area contributed by atoms with Gasteiger partial charge in [-0.3, -0.25) is 9.59 Å². The van der Waals surface area contributed by atoms with Crippen molar-refractivity contribution in [3.63, 3.8) is 0 Å². The van der Waals surface area contributed by atoms with Gasteiger partial charge in [0.1, 0.15) is 5.78 Å². The number of β-amino-alcohol motifs (C(OH)–C–C–N with tert-alkyl or cyclic N) is 1. The second kappa shape index (κ2) is 6.42. The lowest BCUT2D eigenvalue weighted by Crippen LogP contribution is -2.52. The molecule has 5 heteroatoms. The fourth-order valence-electron chi connectivity index (χ4n) is 3.84. The molecule has 2 aliphatic heterocycles. The van der Waals surface area contributed by atoms with Crippen molar-refractivity contribution in [2.24, 2.45) is 0 Å². The van der Waals surface area contributed by atoms with Crippen LogP contribution in [0.15, 0.2) is 30.3 Å². The van der Waals surface area contributed by atoms with Gasteiger partial charge in [0.25, 0.3) is 0 Å². The molecule has 124 valence electrons. The highest BCUT2D eigenvalue weighted by atomic mass is 16.3. The number of piperidine rings is 1. The number of nitrogens with one attached hydrogen (secondary N) is 1. The van der Waals surface area contributed by atoms with Crippen LogP contribution in [0.1, 0.15) is 31.7 Å². The first kappa shape index (κ1) is 16.1. The third-order valence-electron chi connectivity index (χ3n) is 5.33. The van der Waals surface area contributed by atoms with Crippen LogP contribution in [0, 0.1) is 0 Å². The quantitative estimate of drug-likeness (QED) is 0.868. The van der Waals surface area contributed by atoms with E-state index in [2.05, 4.69) is 5.32 Å². The summed E-state index contributed by atoms with van der Waals surface area (Å²) in [7, 11) is 0. The zero-order valence-electron chi connectivity index (χ0n) is 13.5. The first-order valence-corrected chi connectivity index (χ1v) is 8.30. The molecule has 2 aliphatic rings. The van der Waals surface area contributed by atoms with E-state index in [0.29, 0.717) is 38.9 Å². The van der Waals surface area contributed by atoms with Gasteiger partial charge < -0.3 is 15.3 Å². The van der Waals surface area contributed by atoms with Crippen molar-refractivity contribution in [1.29, 1.82) is 0 Å². The van der Waals surface area contributed by atoms with Crippen molar-refractivity contribution in [3.05, 3.63) is 35.9 Å². The highest BCUT2D eigenvalue weighted by Crippen LogP contribution is 2.36. The second-order valence-electron chi connectivity index (χ2n) is 6.68. The van der Waals surface area contributed by atoms with Gasteiger partial charge in [0.2, 0.25) is 5.91 Å². The van der Waals surface area contributed by atoms with E-state index in [1.54, 1.807) is 6.92 Å². The lowest BCUT2D eigenvalue weighted by Gasteiger charge is -2.41. The number of rotatable bonds is 3. The smallest absolute Gasteiger partial charge is 0.239 e. The zero-order chi connectivity index (χ0) is 16.4. The number of Topliss-reactive ketones (excluding diaryl/α,β-unsaturated/α-hetero) is 1. The number of hydrogen-bond donors (Lipinski definition) is 2. The molecular formula is C18H24N2O3. The summed E-state index contributed by atoms with van der Waals surface area (Å²) in [6.07, 6.45) is 1.36. The maximum absolute atomic E-state index is 12.5. The van der Waals surface area contributed by atoms with Crippen LogP contribution in [0.2, 0.25) is 0 Å². The number of carbonyl (C=O) groups excluding carboxylic acids is 2. The molecule has 0 bridgehead atoms. The van der Waals surface area contributed by atoms with E-state index in [-0.39, 0.29) is 17.7 Å². The van der Waals surface area contributed by atoms with Gasteiger partial charge >= 0.3 is 0 Å².